The quantitative estimate of drug-likeness (QED) is 0.640. The molecule has 0 radical (unpaired) electrons. The van der Waals surface area contributed by atoms with Gasteiger partial charge in [0.2, 0.25) is 5.91 Å². The zero-order valence-electron chi connectivity index (χ0n) is 16.8. The number of anilines is 1. The van der Waals surface area contributed by atoms with Crippen molar-refractivity contribution in [2.45, 2.75) is 36.6 Å². The lowest BCUT2D eigenvalue weighted by Gasteiger charge is -2.34. The van der Waals surface area contributed by atoms with Gasteiger partial charge in [-0.15, -0.1) is 0 Å². The molecule has 2 unspecified atom stereocenters. The van der Waals surface area contributed by atoms with E-state index in [4.69, 9.17) is 4.74 Å². The third kappa shape index (κ3) is 3.85. The fraction of sp³-hybridized carbons (Fsp3) is 0.261. The third-order valence-electron chi connectivity index (χ3n) is 5.25. The van der Waals surface area contributed by atoms with Gasteiger partial charge in [-0.25, -0.2) is 0 Å². The summed E-state index contributed by atoms with van der Waals surface area (Å²) in [4.78, 5) is 13.4. The van der Waals surface area contributed by atoms with Gasteiger partial charge < -0.3 is 15.5 Å². The fourth-order valence-electron chi connectivity index (χ4n) is 3.60. The van der Waals surface area contributed by atoms with E-state index in [0.717, 1.165) is 39.7 Å². The zero-order valence-corrected chi connectivity index (χ0v) is 17.6. The van der Waals surface area contributed by atoms with Crippen LogP contribution in [0.2, 0.25) is 0 Å². The lowest BCUT2D eigenvalue weighted by Crippen LogP contribution is -2.41. The Labute approximate surface area is 175 Å². The Morgan fingerprint density at radius 1 is 1.14 bits per heavy atom. The molecule has 0 saturated heterocycles. The van der Waals surface area contributed by atoms with Gasteiger partial charge in [-0.05, 0) is 54.8 Å². The summed E-state index contributed by atoms with van der Waals surface area (Å²) in [6, 6.07) is 19.8. The Hall–Kier alpha value is -2.86. The number of carbonyl (C=O) groups is 1. The van der Waals surface area contributed by atoms with Gasteiger partial charge >= 0.3 is 0 Å². The van der Waals surface area contributed by atoms with Gasteiger partial charge in [0.15, 0.2) is 0 Å². The molecule has 2 aromatic carbocycles. The summed E-state index contributed by atoms with van der Waals surface area (Å²) in [5.74, 6) is 0.794. The first-order chi connectivity index (χ1) is 14.1. The molecule has 5 nitrogen and oxygen atoms in total. The Balaban J connectivity index is 1.66. The van der Waals surface area contributed by atoms with E-state index in [1.165, 1.54) is 0 Å². The number of amides is 1. The molecular weight excluding hydrogens is 382 g/mol. The molecule has 4 rings (SSSR count). The van der Waals surface area contributed by atoms with Crippen molar-refractivity contribution in [1.82, 2.24) is 4.68 Å². The van der Waals surface area contributed by atoms with Crippen molar-refractivity contribution in [2.75, 3.05) is 17.9 Å². The number of nitrogens with zero attached hydrogens (tertiary/aromatic N) is 1. The van der Waals surface area contributed by atoms with Crippen molar-refractivity contribution >= 4 is 23.4 Å². The smallest absolute Gasteiger partial charge is 0.240 e. The normalized spacial score (nSPS) is 17.9. The summed E-state index contributed by atoms with van der Waals surface area (Å²) < 4.78 is 7.35. The number of carbonyl (C=O) groups excluding carboxylic acids is 1. The van der Waals surface area contributed by atoms with E-state index in [-0.39, 0.29) is 17.2 Å². The van der Waals surface area contributed by atoms with Gasteiger partial charge in [-0.1, -0.05) is 49.0 Å². The zero-order chi connectivity index (χ0) is 20.4. The second kappa shape index (κ2) is 8.25. The number of aryl methyl sites for hydroxylation is 2. The van der Waals surface area contributed by atoms with Crippen LogP contribution in [0, 0.1) is 6.92 Å². The van der Waals surface area contributed by atoms with Gasteiger partial charge in [-0.2, -0.15) is 0 Å². The molecule has 29 heavy (non-hydrogen) atoms. The molecule has 1 aliphatic rings. The lowest BCUT2D eigenvalue weighted by molar-refractivity contribution is -0.116. The van der Waals surface area contributed by atoms with Crippen LogP contribution in [0.5, 0.6) is 5.75 Å². The predicted molar refractivity (Wildman–Crippen MR) is 118 cm³/mol. The number of fused-ring (bicyclic) bond motifs is 1. The number of hydrogen-bond donors (Lipinski definition) is 2. The Kier molecular flexibility index (Phi) is 5.53. The SMILES string of the molecule is CCc1ccccc1NC(=O)C1Sc2ccc(C)n2NC1c1ccc(OC)cc1. The topological polar surface area (TPSA) is 55.3 Å². The number of ether oxygens (including phenoxy) is 1. The summed E-state index contributed by atoms with van der Waals surface area (Å²) in [6.07, 6.45) is 0.871. The molecular formula is C23H25N3O2S. The molecule has 3 aromatic rings. The van der Waals surface area contributed by atoms with Crippen LogP contribution in [0.4, 0.5) is 5.69 Å². The largest absolute Gasteiger partial charge is 0.497 e. The number of methoxy groups -OCH3 is 1. The van der Waals surface area contributed by atoms with Gasteiger partial charge in [-0.3, -0.25) is 9.47 Å². The molecule has 2 N–H and O–H groups in total. The second-order valence-corrected chi connectivity index (χ2v) is 8.23. The van der Waals surface area contributed by atoms with Crippen LogP contribution in [-0.4, -0.2) is 22.9 Å². The Bertz CT molecular complexity index is 1010. The van der Waals surface area contributed by atoms with Crippen LogP contribution in [-0.2, 0) is 11.2 Å². The summed E-state index contributed by atoms with van der Waals surface area (Å²) in [5, 5.41) is 3.89. The fourth-order valence-corrected chi connectivity index (χ4v) is 4.83. The van der Waals surface area contributed by atoms with E-state index >= 15 is 0 Å². The number of hydrogen-bond acceptors (Lipinski definition) is 4. The molecule has 2 heterocycles. The summed E-state index contributed by atoms with van der Waals surface area (Å²) in [5.41, 5.74) is 7.71. The summed E-state index contributed by atoms with van der Waals surface area (Å²) in [7, 11) is 1.65. The average molecular weight is 408 g/mol. The van der Waals surface area contributed by atoms with Gasteiger partial charge in [0, 0.05) is 11.4 Å². The van der Waals surface area contributed by atoms with Crippen molar-refractivity contribution < 1.29 is 9.53 Å². The molecule has 2 atom stereocenters. The highest BCUT2D eigenvalue weighted by atomic mass is 32.2. The number of para-hydroxylation sites is 1. The summed E-state index contributed by atoms with van der Waals surface area (Å²) >= 11 is 1.59. The summed E-state index contributed by atoms with van der Waals surface area (Å²) in [6.45, 7) is 4.15. The van der Waals surface area contributed by atoms with Crippen molar-refractivity contribution in [3.63, 3.8) is 0 Å². The second-order valence-electron chi connectivity index (χ2n) is 7.07. The number of thioether (sulfide) groups is 1. The minimum atomic E-state index is -0.310. The molecule has 6 heteroatoms. The lowest BCUT2D eigenvalue weighted by atomic mass is 10.0. The Morgan fingerprint density at radius 2 is 1.90 bits per heavy atom. The maximum Gasteiger partial charge on any atom is 0.240 e. The first-order valence-corrected chi connectivity index (χ1v) is 10.6. The molecule has 0 fully saturated rings. The minimum absolute atomic E-state index is 0.00526. The van der Waals surface area contributed by atoms with Crippen molar-refractivity contribution in [2.24, 2.45) is 0 Å². The van der Waals surface area contributed by atoms with E-state index in [2.05, 4.69) is 47.5 Å². The predicted octanol–water partition coefficient (Wildman–Crippen LogP) is 4.77. The monoisotopic (exact) mass is 407 g/mol. The van der Waals surface area contributed by atoms with E-state index in [1.807, 2.05) is 42.5 Å². The highest BCUT2D eigenvalue weighted by Gasteiger charge is 2.36. The van der Waals surface area contributed by atoms with Crippen molar-refractivity contribution in [3.8, 4) is 5.75 Å². The van der Waals surface area contributed by atoms with Crippen molar-refractivity contribution in [3.05, 3.63) is 77.5 Å². The van der Waals surface area contributed by atoms with Crippen LogP contribution in [0.25, 0.3) is 0 Å². The van der Waals surface area contributed by atoms with Crippen LogP contribution >= 0.6 is 11.8 Å². The van der Waals surface area contributed by atoms with Gasteiger partial charge in [0.05, 0.1) is 18.2 Å². The molecule has 1 amide bonds. The highest BCUT2D eigenvalue weighted by Crippen LogP contribution is 2.39. The molecule has 1 aromatic heterocycles. The maximum absolute atomic E-state index is 13.4. The van der Waals surface area contributed by atoms with Crippen molar-refractivity contribution in [1.29, 1.82) is 0 Å². The number of rotatable bonds is 5. The first kappa shape index (κ1) is 19.5. The first-order valence-electron chi connectivity index (χ1n) is 9.75. The van der Waals surface area contributed by atoms with Crippen LogP contribution in [0.3, 0.4) is 0 Å². The highest BCUT2D eigenvalue weighted by molar-refractivity contribution is 8.00. The van der Waals surface area contributed by atoms with E-state index in [0.29, 0.717) is 0 Å². The number of aromatic nitrogens is 1. The van der Waals surface area contributed by atoms with Crippen LogP contribution in [0.1, 0.15) is 29.8 Å². The molecule has 1 aliphatic heterocycles. The number of nitrogens with one attached hydrogen (secondary N) is 2. The molecule has 0 bridgehead atoms. The molecule has 0 aliphatic carbocycles. The van der Waals surface area contributed by atoms with E-state index < -0.39 is 0 Å². The third-order valence-corrected chi connectivity index (χ3v) is 6.55. The van der Waals surface area contributed by atoms with Crippen LogP contribution in [0.15, 0.2) is 65.7 Å². The van der Waals surface area contributed by atoms with E-state index in [1.54, 1.807) is 18.9 Å². The van der Waals surface area contributed by atoms with Crippen LogP contribution < -0.4 is 15.5 Å². The molecule has 150 valence electrons. The average Bonchev–Trinajstić information content (AvgIpc) is 3.13. The molecule has 0 saturated carbocycles. The molecule has 0 spiro atoms. The maximum atomic E-state index is 13.4. The van der Waals surface area contributed by atoms with Gasteiger partial charge in [0.1, 0.15) is 11.0 Å². The van der Waals surface area contributed by atoms with E-state index in [9.17, 15) is 4.79 Å². The standard InChI is InChI=1S/C23H25N3O2S/c1-4-16-7-5-6-8-19(16)24-23(27)22-21(17-10-12-18(28-3)13-11-17)25-26-15(2)9-14-20(26)29-22/h5-14,21-22,25H,4H2,1-3H3,(H,24,27). The minimum Gasteiger partial charge on any atom is -0.497 e. The van der Waals surface area contributed by atoms with Gasteiger partial charge in [0.25, 0.3) is 0 Å². The number of benzene rings is 2. The Morgan fingerprint density at radius 3 is 2.62 bits per heavy atom.